The molecule has 1 aromatic heterocycles. The summed E-state index contributed by atoms with van der Waals surface area (Å²) in [5, 5.41) is 2.91. The zero-order chi connectivity index (χ0) is 16.2. The van der Waals surface area contributed by atoms with Gasteiger partial charge in [0.1, 0.15) is 11.3 Å². The molecule has 1 amide bonds. The first kappa shape index (κ1) is 16.5. The number of rotatable bonds is 4. The Balaban J connectivity index is 1.91. The summed E-state index contributed by atoms with van der Waals surface area (Å²) >= 11 is 0. The predicted octanol–water partition coefficient (Wildman–Crippen LogP) is 3.35. The number of aromatic nitrogens is 1. The fourth-order valence-corrected chi connectivity index (χ4v) is 2.80. The Bertz CT molecular complexity index is 522. The lowest BCUT2D eigenvalue weighted by Gasteiger charge is -2.24. The van der Waals surface area contributed by atoms with E-state index in [0.717, 1.165) is 19.3 Å². The summed E-state index contributed by atoms with van der Waals surface area (Å²) in [6.07, 6.45) is 4.48. The lowest BCUT2D eigenvalue weighted by Crippen LogP contribution is -2.41. The minimum absolute atomic E-state index is 0.00233. The zero-order valence-corrected chi connectivity index (χ0v) is 13.5. The molecule has 1 aliphatic carbocycles. The molecule has 0 spiro atoms. The van der Waals surface area contributed by atoms with Crippen LogP contribution in [-0.4, -0.2) is 28.5 Å². The van der Waals surface area contributed by atoms with Gasteiger partial charge in [0.25, 0.3) is 0 Å². The molecule has 22 heavy (non-hydrogen) atoms. The van der Waals surface area contributed by atoms with Gasteiger partial charge in [-0.3, -0.25) is 9.78 Å². The number of hydrogen-bond acceptors (Lipinski definition) is 4. The van der Waals surface area contributed by atoms with E-state index >= 15 is 0 Å². The maximum atomic E-state index is 12.3. The fraction of sp³-hybridized carbons (Fsp3) is 0.588. The van der Waals surface area contributed by atoms with Crippen molar-refractivity contribution in [3.63, 3.8) is 0 Å². The molecule has 0 aromatic carbocycles. The van der Waals surface area contributed by atoms with Crippen LogP contribution in [0.4, 0.5) is 4.79 Å². The number of ether oxygens (including phenoxy) is 1. The van der Waals surface area contributed by atoms with Crippen molar-refractivity contribution in [1.82, 2.24) is 10.3 Å². The summed E-state index contributed by atoms with van der Waals surface area (Å²) in [7, 11) is 0. The van der Waals surface area contributed by atoms with Gasteiger partial charge in [0.2, 0.25) is 0 Å². The minimum atomic E-state index is -0.512. The van der Waals surface area contributed by atoms with Gasteiger partial charge in [0.15, 0.2) is 5.78 Å². The smallest absolute Gasteiger partial charge is 0.407 e. The van der Waals surface area contributed by atoms with E-state index < -0.39 is 11.7 Å². The van der Waals surface area contributed by atoms with Gasteiger partial charge >= 0.3 is 6.09 Å². The summed E-state index contributed by atoms with van der Waals surface area (Å²) < 4.78 is 5.29. The first-order chi connectivity index (χ1) is 10.3. The van der Waals surface area contributed by atoms with Crippen molar-refractivity contribution in [3.05, 3.63) is 30.1 Å². The molecule has 1 N–H and O–H groups in total. The van der Waals surface area contributed by atoms with Crippen LogP contribution in [-0.2, 0) is 4.74 Å². The van der Waals surface area contributed by atoms with Crippen LogP contribution in [0.25, 0.3) is 0 Å². The largest absolute Gasteiger partial charge is 0.444 e. The Kier molecular flexibility index (Phi) is 5.16. The van der Waals surface area contributed by atoms with Gasteiger partial charge in [-0.15, -0.1) is 0 Å². The van der Waals surface area contributed by atoms with Gasteiger partial charge < -0.3 is 10.1 Å². The number of nitrogens with zero attached hydrogens (tertiary/aromatic N) is 1. The van der Waals surface area contributed by atoms with E-state index in [1.807, 2.05) is 26.8 Å². The molecule has 2 rings (SSSR count). The SMILES string of the molecule is CC(C)(C)OC(=O)N[C@@H]1CCC[C@@H]1CC(=O)c1ccccn1. The molecule has 0 unspecified atom stereocenters. The van der Waals surface area contributed by atoms with Crippen molar-refractivity contribution in [3.8, 4) is 0 Å². The van der Waals surface area contributed by atoms with E-state index in [1.54, 1.807) is 18.3 Å². The van der Waals surface area contributed by atoms with Crippen molar-refractivity contribution < 1.29 is 14.3 Å². The van der Waals surface area contributed by atoms with Gasteiger partial charge in [-0.05, 0) is 51.7 Å². The van der Waals surface area contributed by atoms with E-state index in [2.05, 4.69) is 10.3 Å². The van der Waals surface area contributed by atoms with Gasteiger partial charge in [0, 0.05) is 18.7 Å². The van der Waals surface area contributed by atoms with Crippen LogP contribution < -0.4 is 5.32 Å². The maximum absolute atomic E-state index is 12.3. The topological polar surface area (TPSA) is 68.3 Å². The molecule has 5 nitrogen and oxygen atoms in total. The quantitative estimate of drug-likeness (QED) is 0.866. The molecule has 1 heterocycles. The van der Waals surface area contributed by atoms with Crippen LogP contribution in [0.3, 0.4) is 0 Å². The van der Waals surface area contributed by atoms with Crippen LogP contribution in [0.2, 0.25) is 0 Å². The highest BCUT2D eigenvalue weighted by molar-refractivity contribution is 5.94. The summed E-state index contributed by atoms with van der Waals surface area (Å²) in [6.45, 7) is 5.51. The second-order valence-corrected chi connectivity index (χ2v) is 6.79. The Morgan fingerprint density at radius 2 is 2.09 bits per heavy atom. The van der Waals surface area contributed by atoms with E-state index in [9.17, 15) is 9.59 Å². The Hall–Kier alpha value is -1.91. The number of carbonyl (C=O) groups is 2. The molecule has 5 heteroatoms. The van der Waals surface area contributed by atoms with Crippen molar-refractivity contribution in [2.24, 2.45) is 5.92 Å². The van der Waals surface area contributed by atoms with Crippen LogP contribution in [0.15, 0.2) is 24.4 Å². The second kappa shape index (κ2) is 6.90. The molecular weight excluding hydrogens is 280 g/mol. The van der Waals surface area contributed by atoms with Crippen LogP contribution in [0.5, 0.6) is 0 Å². The van der Waals surface area contributed by atoms with Gasteiger partial charge in [-0.25, -0.2) is 4.79 Å². The first-order valence-electron chi connectivity index (χ1n) is 7.79. The van der Waals surface area contributed by atoms with Gasteiger partial charge in [-0.1, -0.05) is 12.5 Å². The van der Waals surface area contributed by atoms with E-state index in [-0.39, 0.29) is 17.7 Å². The molecule has 0 aliphatic heterocycles. The highest BCUT2D eigenvalue weighted by atomic mass is 16.6. The van der Waals surface area contributed by atoms with Crippen molar-refractivity contribution in [2.75, 3.05) is 0 Å². The van der Waals surface area contributed by atoms with Crippen LogP contribution in [0.1, 0.15) is 56.9 Å². The van der Waals surface area contributed by atoms with Gasteiger partial charge in [-0.2, -0.15) is 0 Å². The Morgan fingerprint density at radius 1 is 1.32 bits per heavy atom. The number of carbonyl (C=O) groups excluding carboxylic acids is 2. The number of amides is 1. The maximum Gasteiger partial charge on any atom is 0.407 e. The van der Waals surface area contributed by atoms with E-state index in [4.69, 9.17) is 4.74 Å². The van der Waals surface area contributed by atoms with Gasteiger partial charge in [0.05, 0.1) is 0 Å². The summed E-state index contributed by atoms with van der Waals surface area (Å²) in [6, 6.07) is 5.33. The fourth-order valence-electron chi connectivity index (χ4n) is 2.80. The van der Waals surface area contributed by atoms with Crippen molar-refractivity contribution in [1.29, 1.82) is 0 Å². The molecule has 0 radical (unpaired) electrons. The van der Waals surface area contributed by atoms with E-state index in [1.165, 1.54) is 0 Å². The lowest BCUT2D eigenvalue weighted by atomic mass is 9.95. The highest BCUT2D eigenvalue weighted by Gasteiger charge is 2.31. The molecule has 1 saturated carbocycles. The lowest BCUT2D eigenvalue weighted by molar-refractivity contribution is 0.0489. The monoisotopic (exact) mass is 304 g/mol. The standard InChI is InChI=1S/C17H24N2O3/c1-17(2,3)22-16(21)19-13-9-6-7-12(13)11-15(20)14-8-4-5-10-18-14/h4-5,8,10,12-13H,6-7,9,11H2,1-3H3,(H,19,21)/t12-,13-/m1/s1. The van der Waals surface area contributed by atoms with E-state index in [0.29, 0.717) is 12.1 Å². The third-order valence-electron chi connectivity index (χ3n) is 3.76. The second-order valence-electron chi connectivity index (χ2n) is 6.79. The Labute approximate surface area is 131 Å². The average molecular weight is 304 g/mol. The molecule has 2 atom stereocenters. The number of alkyl carbamates (subject to hydrolysis) is 1. The summed E-state index contributed by atoms with van der Waals surface area (Å²) in [4.78, 5) is 28.2. The zero-order valence-electron chi connectivity index (χ0n) is 13.5. The number of pyridine rings is 1. The molecule has 0 bridgehead atoms. The summed E-state index contributed by atoms with van der Waals surface area (Å²) in [5.74, 6) is 0.186. The normalized spacial score (nSPS) is 21.4. The number of nitrogens with one attached hydrogen (secondary N) is 1. The summed E-state index contributed by atoms with van der Waals surface area (Å²) in [5.41, 5.74) is -0.0208. The first-order valence-corrected chi connectivity index (χ1v) is 7.79. The third-order valence-corrected chi connectivity index (χ3v) is 3.76. The highest BCUT2D eigenvalue weighted by Crippen LogP contribution is 2.29. The third kappa shape index (κ3) is 4.83. The van der Waals surface area contributed by atoms with Crippen molar-refractivity contribution >= 4 is 11.9 Å². The van der Waals surface area contributed by atoms with Crippen molar-refractivity contribution in [2.45, 2.75) is 58.1 Å². The predicted molar refractivity (Wildman–Crippen MR) is 83.7 cm³/mol. The number of ketones is 1. The molecule has 1 aliphatic rings. The molecule has 1 aromatic rings. The molecule has 120 valence electrons. The molecule has 0 saturated heterocycles. The average Bonchev–Trinajstić information content (AvgIpc) is 2.84. The van der Waals surface area contributed by atoms with Crippen LogP contribution in [0, 0.1) is 5.92 Å². The Morgan fingerprint density at radius 3 is 2.73 bits per heavy atom. The number of Topliss-reactive ketones (excluding diaryl/α,β-unsaturated/α-hetero) is 1. The molecular formula is C17H24N2O3. The van der Waals surface area contributed by atoms with Crippen LogP contribution >= 0.6 is 0 Å². The number of hydrogen-bond donors (Lipinski definition) is 1. The molecule has 1 fully saturated rings. The minimum Gasteiger partial charge on any atom is -0.444 e.